The lowest BCUT2D eigenvalue weighted by Gasteiger charge is -2.28. The van der Waals surface area contributed by atoms with Gasteiger partial charge in [0.05, 0.1) is 12.4 Å². The van der Waals surface area contributed by atoms with Gasteiger partial charge in [-0.05, 0) is 67.0 Å². The van der Waals surface area contributed by atoms with Gasteiger partial charge in [-0.2, -0.15) is 0 Å². The second-order valence-corrected chi connectivity index (χ2v) is 7.86. The van der Waals surface area contributed by atoms with Gasteiger partial charge in [0, 0.05) is 25.8 Å². The molecule has 0 atom stereocenters. The minimum atomic E-state index is -0.483. The van der Waals surface area contributed by atoms with Crippen LogP contribution in [-0.4, -0.2) is 50.6 Å². The Balaban J connectivity index is 3.89. The second-order valence-electron chi connectivity index (χ2n) is 7.86. The van der Waals surface area contributed by atoms with Gasteiger partial charge in [-0.1, -0.05) is 12.2 Å². The predicted octanol–water partition coefficient (Wildman–Crippen LogP) is 3.78. The molecule has 0 unspecified atom stereocenters. The van der Waals surface area contributed by atoms with Crippen molar-refractivity contribution in [3.05, 3.63) is 24.0 Å². The van der Waals surface area contributed by atoms with Gasteiger partial charge in [-0.3, -0.25) is 0 Å². The van der Waals surface area contributed by atoms with Crippen molar-refractivity contribution in [1.82, 2.24) is 10.6 Å². The summed E-state index contributed by atoms with van der Waals surface area (Å²) in [5.41, 5.74) is -0.699. The summed E-state index contributed by atoms with van der Waals surface area (Å²) < 4.78 is 15.9. The van der Waals surface area contributed by atoms with E-state index in [1.807, 2.05) is 53.7 Å². The molecule has 0 spiro atoms. The van der Waals surface area contributed by atoms with E-state index in [-0.39, 0.29) is 5.54 Å². The summed E-state index contributed by atoms with van der Waals surface area (Å²) in [4.78, 5) is 11.7. The van der Waals surface area contributed by atoms with E-state index in [1.54, 1.807) is 7.11 Å². The summed E-state index contributed by atoms with van der Waals surface area (Å²) in [6.45, 7) is 14.3. The quantitative estimate of drug-likeness (QED) is 0.311. The highest BCUT2D eigenvalue weighted by Crippen LogP contribution is 2.07. The molecular formula is C20H38N2O4. The van der Waals surface area contributed by atoms with E-state index in [9.17, 15) is 4.79 Å². The molecule has 6 nitrogen and oxygen atoms in total. The third-order valence-electron chi connectivity index (χ3n) is 3.28. The molecule has 0 aromatic heterocycles. The summed E-state index contributed by atoms with van der Waals surface area (Å²) >= 11 is 0. The molecule has 0 bridgehead atoms. The molecule has 2 N–H and O–H groups in total. The fourth-order valence-electron chi connectivity index (χ4n) is 1.94. The molecule has 0 saturated carbocycles. The molecule has 0 saturated heterocycles. The molecule has 0 aliphatic carbocycles. The number of ether oxygens (including phenoxy) is 3. The van der Waals surface area contributed by atoms with Crippen LogP contribution in [0.5, 0.6) is 0 Å². The van der Waals surface area contributed by atoms with Gasteiger partial charge < -0.3 is 24.8 Å². The minimum absolute atomic E-state index is 0.216. The van der Waals surface area contributed by atoms with Crippen LogP contribution in [0, 0.1) is 0 Å². The third-order valence-corrected chi connectivity index (χ3v) is 3.28. The fraction of sp³-hybridized carbons (Fsp3) is 0.750. The van der Waals surface area contributed by atoms with Crippen LogP contribution in [0.2, 0.25) is 0 Å². The monoisotopic (exact) mass is 370 g/mol. The van der Waals surface area contributed by atoms with Gasteiger partial charge in [0.2, 0.25) is 0 Å². The zero-order valence-corrected chi connectivity index (χ0v) is 17.6. The lowest BCUT2D eigenvalue weighted by Crippen LogP contribution is -2.50. The molecule has 0 radical (unpaired) electrons. The standard InChI is InChI=1S/C20H38N2O4/c1-17(12-9-8-10-14-24-7)25-15-11-13-22-20(5,6)16-21-18(23)26-19(2,3)4/h8-9,12,22H,10-11,13-16H2,1-7H3,(H,21,23)/b9-8+,17-12+. The molecule has 0 rings (SSSR count). The number of amides is 1. The summed E-state index contributed by atoms with van der Waals surface area (Å²) in [5.74, 6) is 0.893. The van der Waals surface area contributed by atoms with Crippen molar-refractivity contribution in [2.45, 2.75) is 65.5 Å². The minimum Gasteiger partial charge on any atom is -0.498 e. The van der Waals surface area contributed by atoms with Gasteiger partial charge in [0.1, 0.15) is 5.60 Å². The van der Waals surface area contributed by atoms with Crippen LogP contribution in [0.15, 0.2) is 24.0 Å². The second kappa shape index (κ2) is 12.8. The highest BCUT2D eigenvalue weighted by molar-refractivity contribution is 5.67. The zero-order chi connectivity index (χ0) is 20.1. The number of allylic oxidation sites excluding steroid dienone is 3. The van der Waals surface area contributed by atoms with Crippen molar-refractivity contribution in [2.75, 3.05) is 33.4 Å². The summed E-state index contributed by atoms with van der Waals surface area (Å²) in [5, 5.41) is 6.22. The van der Waals surface area contributed by atoms with E-state index >= 15 is 0 Å². The average Bonchev–Trinajstić information content (AvgIpc) is 2.51. The van der Waals surface area contributed by atoms with Crippen LogP contribution in [0.3, 0.4) is 0 Å². The van der Waals surface area contributed by atoms with Crippen molar-refractivity contribution in [3.8, 4) is 0 Å². The molecule has 0 aromatic rings. The Kier molecular flexibility index (Phi) is 12.0. The lowest BCUT2D eigenvalue weighted by molar-refractivity contribution is 0.0513. The van der Waals surface area contributed by atoms with Gasteiger partial charge in [-0.25, -0.2) is 4.79 Å². The summed E-state index contributed by atoms with van der Waals surface area (Å²) in [6.07, 6.45) is 7.38. The van der Waals surface area contributed by atoms with Gasteiger partial charge in [0.15, 0.2) is 0 Å². The number of hydrogen-bond donors (Lipinski definition) is 2. The molecule has 0 aromatic carbocycles. The van der Waals surface area contributed by atoms with Gasteiger partial charge in [-0.15, -0.1) is 0 Å². The number of carbonyl (C=O) groups excluding carboxylic acids is 1. The lowest BCUT2D eigenvalue weighted by atomic mass is 10.1. The number of alkyl carbamates (subject to hydrolysis) is 1. The van der Waals surface area contributed by atoms with Gasteiger partial charge >= 0.3 is 6.09 Å². The molecule has 0 fully saturated rings. The topological polar surface area (TPSA) is 68.8 Å². The van der Waals surface area contributed by atoms with E-state index in [0.29, 0.717) is 13.2 Å². The van der Waals surface area contributed by atoms with Crippen molar-refractivity contribution < 1.29 is 19.0 Å². The van der Waals surface area contributed by atoms with Crippen LogP contribution >= 0.6 is 0 Å². The Morgan fingerprint density at radius 2 is 1.81 bits per heavy atom. The van der Waals surface area contributed by atoms with Crippen LogP contribution in [0.1, 0.15) is 54.4 Å². The average molecular weight is 371 g/mol. The maximum atomic E-state index is 11.7. The molecule has 26 heavy (non-hydrogen) atoms. The number of carbonyl (C=O) groups is 1. The highest BCUT2D eigenvalue weighted by Gasteiger charge is 2.20. The molecule has 0 heterocycles. The van der Waals surface area contributed by atoms with Crippen LogP contribution in [0.4, 0.5) is 4.79 Å². The third kappa shape index (κ3) is 16.0. The Bertz CT molecular complexity index is 451. The largest absolute Gasteiger partial charge is 0.498 e. The maximum absolute atomic E-state index is 11.7. The number of nitrogens with one attached hydrogen (secondary N) is 2. The molecule has 0 aliphatic heterocycles. The van der Waals surface area contributed by atoms with Crippen molar-refractivity contribution in [1.29, 1.82) is 0 Å². The molecular weight excluding hydrogens is 332 g/mol. The van der Waals surface area contributed by atoms with Crippen LogP contribution in [0.25, 0.3) is 0 Å². The Hall–Kier alpha value is -1.53. The molecule has 6 heteroatoms. The Morgan fingerprint density at radius 1 is 1.12 bits per heavy atom. The van der Waals surface area contributed by atoms with Crippen molar-refractivity contribution in [3.63, 3.8) is 0 Å². The first-order valence-corrected chi connectivity index (χ1v) is 9.23. The Morgan fingerprint density at radius 3 is 2.42 bits per heavy atom. The van der Waals surface area contributed by atoms with Crippen LogP contribution < -0.4 is 10.6 Å². The zero-order valence-electron chi connectivity index (χ0n) is 17.6. The van der Waals surface area contributed by atoms with Crippen molar-refractivity contribution >= 4 is 6.09 Å². The normalized spacial score (nSPS) is 13.1. The first-order valence-electron chi connectivity index (χ1n) is 9.23. The molecule has 152 valence electrons. The van der Waals surface area contributed by atoms with Crippen LogP contribution in [-0.2, 0) is 14.2 Å². The first kappa shape index (κ1) is 24.5. The van der Waals surface area contributed by atoms with Crippen molar-refractivity contribution in [2.24, 2.45) is 0 Å². The molecule has 0 aliphatic rings. The SMILES string of the molecule is COCC/C=C/C=C(\C)OCCCNC(C)(C)CNC(=O)OC(C)(C)C. The number of hydrogen-bond acceptors (Lipinski definition) is 5. The smallest absolute Gasteiger partial charge is 0.407 e. The molecule has 1 amide bonds. The van der Waals surface area contributed by atoms with E-state index in [2.05, 4.69) is 16.7 Å². The Labute approximate surface area is 159 Å². The van der Waals surface area contributed by atoms with E-state index in [1.165, 1.54) is 0 Å². The van der Waals surface area contributed by atoms with E-state index < -0.39 is 11.7 Å². The predicted molar refractivity (Wildman–Crippen MR) is 106 cm³/mol. The van der Waals surface area contributed by atoms with Gasteiger partial charge in [0.25, 0.3) is 0 Å². The fourth-order valence-corrected chi connectivity index (χ4v) is 1.94. The summed E-state index contributed by atoms with van der Waals surface area (Å²) in [6, 6.07) is 0. The summed E-state index contributed by atoms with van der Waals surface area (Å²) in [7, 11) is 1.70. The van der Waals surface area contributed by atoms with E-state index in [0.717, 1.165) is 31.8 Å². The first-order chi connectivity index (χ1) is 12.1. The maximum Gasteiger partial charge on any atom is 0.407 e. The number of methoxy groups -OCH3 is 1. The van der Waals surface area contributed by atoms with E-state index in [4.69, 9.17) is 14.2 Å². The number of rotatable bonds is 12. The highest BCUT2D eigenvalue weighted by atomic mass is 16.6.